The number of halogens is 1. The summed E-state index contributed by atoms with van der Waals surface area (Å²) in [5, 5.41) is 6.72. The number of anilines is 1. The fourth-order valence-electron chi connectivity index (χ4n) is 1.87. The van der Waals surface area contributed by atoms with Crippen molar-refractivity contribution in [2.45, 2.75) is 19.0 Å². The van der Waals surface area contributed by atoms with Crippen LogP contribution in [-0.4, -0.2) is 28.8 Å². The lowest BCUT2D eigenvalue weighted by Crippen LogP contribution is -2.45. The number of carbonyl (C=O) groups is 2. The number of rotatable bonds is 5. The molecule has 0 fully saturated rings. The van der Waals surface area contributed by atoms with Crippen LogP contribution in [0.25, 0.3) is 0 Å². The lowest BCUT2D eigenvalue weighted by Gasteiger charge is -2.23. The predicted octanol–water partition coefficient (Wildman–Crippen LogP) is 1.29. The first kappa shape index (κ1) is 18.7. The third-order valence-corrected chi connectivity index (χ3v) is 3.25. The Bertz CT molecular complexity index is 670. The molecule has 1 unspecified atom stereocenters. The van der Waals surface area contributed by atoms with Crippen molar-refractivity contribution in [3.63, 3.8) is 0 Å². The largest absolute Gasteiger partial charge is 0.468 e. The maximum absolute atomic E-state index is 12.3. The van der Waals surface area contributed by atoms with E-state index in [1.165, 1.54) is 11.8 Å². The number of esters is 1. The van der Waals surface area contributed by atoms with Crippen molar-refractivity contribution in [3.05, 3.63) is 48.2 Å². The van der Waals surface area contributed by atoms with E-state index in [2.05, 4.69) is 15.2 Å². The number of nitrogens with one attached hydrogen (secondary N) is 1. The quantitative estimate of drug-likeness (QED) is 0.800. The Morgan fingerprint density at radius 2 is 1.96 bits per heavy atom. The monoisotopic (exact) mass is 338 g/mol. The smallest absolute Gasteiger partial charge is 0.327 e. The second-order valence-corrected chi connectivity index (χ2v) is 5.00. The van der Waals surface area contributed by atoms with Gasteiger partial charge >= 0.3 is 5.97 Å². The van der Waals surface area contributed by atoms with Crippen LogP contribution in [-0.2, 0) is 26.4 Å². The standard InChI is InChI=1S/C15H18N4O3.ClH/c1-15(16,11-6-4-3-5-7-11)14(21)17-12-8-9-19(18-12)10-13(20)22-2;/h3-9H,10,16H2,1-2H3,(H,17,18,21);1H. The van der Waals surface area contributed by atoms with Gasteiger partial charge in [-0.2, -0.15) is 5.10 Å². The van der Waals surface area contributed by atoms with E-state index in [1.54, 1.807) is 31.3 Å². The molecule has 8 heteroatoms. The van der Waals surface area contributed by atoms with Gasteiger partial charge in [0.2, 0.25) is 5.91 Å². The molecule has 0 aliphatic rings. The van der Waals surface area contributed by atoms with Crippen molar-refractivity contribution in [2.24, 2.45) is 5.73 Å². The van der Waals surface area contributed by atoms with Gasteiger partial charge in [-0.25, -0.2) is 0 Å². The fourth-order valence-corrected chi connectivity index (χ4v) is 1.87. The summed E-state index contributed by atoms with van der Waals surface area (Å²) in [5.41, 5.74) is 5.63. The van der Waals surface area contributed by atoms with E-state index < -0.39 is 11.5 Å². The van der Waals surface area contributed by atoms with E-state index >= 15 is 0 Å². The Morgan fingerprint density at radius 1 is 1.30 bits per heavy atom. The van der Waals surface area contributed by atoms with Crippen LogP contribution >= 0.6 is 12.4 Å². The van der Waals surface area contributed by atoms with Crippen molar-refractivity contribution < 1.29 is 14.3 Å². The minimum absolute atomic E-state index is 0. The van der Waals surface area contributed by atoms with Gasteiger partial charge in [-0.1, -0.05) is 30.3 Å². The van der Waals surface area contributed by atoms with Crippen LogP contribution in [0, 0.1) is 0 Å². The Morgan fingerprint density at radius 3 is 2.57 bits per heavy atom. The van der Waals surface area contributed by atoms with Crippen LogP contribution in [0.1, 0.15) is 12.5 Å². The van der Waals surface area contributed by atoms with Gasteiger partial charge in [0.25, 0.3) is 0 Å². The molecule has 0 radical (unpaired) electrons. The maximum atomic E-state index is 12.3. The third-order valence-electron chi connectivity index (χ3n) is 3.25. The van der Waals surface area contributed by atoms with Crippen molar-refractivity contribution in [1.82, 2.24) is 9.78 Å². The molecule has 1 atom stereocenters. The summed E-state index contributed by atoms with van der Waals surface area (Å²) in [7, 11) is 1.30. The number of ether oxygens (including phenoxy) is 1. The Kier molecular flexibility index (Phi) is 6.29. The Balaban J connectivity index is 0.00000264. The van der Waals surface area contributed by atoms with Gasteiger partial charge in [0.1, 0.15) is 12.1 Å². The lowest BCUT2D eigenvalue weighted by molar-refractivity contribution is -0.141. The zero-order chi connectivity index (χ0) is 16.2. The number of nitrogens with zero attached hydrogens (tertiary/aromatic N) is 2. The van der Waals surface area contributed by atoms with Gasteiger partial charge in [-0.3, -0.25) is 14.3 Å². The average molecular weight is 339 g/mol. The number of benzene rings is 1. The van der Waals surface area contributed by atoms with E-state index in [-0.39, 0.29) is 24.9 Å². The summed E-state index contributed by atoms with van der Waals surface area (Å²) in [4.78, 5) is 23.5. The molecule has 0 saturated heterocycles. The molecule has 1 heterocycles. The van der Waals surface area contributed by atoms with Crippen LogP contribution in [0.2, 0.25) is 0 Å². The maximum Gasteiger partial charge on any atom is 0.327 e. The van der Waals surface area contributed by atoms with E-state index in [9.17, 15) is 9.59 Å². The lowest BCUT2D eigenvalue weighted by atomic mass is 9.92. The molecule has 1 amide bonds. The van der Waals surface area contributed by atoms with Gasteiger partial charge in [-0.05, 0) is 12.5 Å². The van der Waals surface area contributed by atoms with Gasteiger partial charge in [-0.15, -0.1) is 12.4 Å². The van der Waals surface area contributed by atoms with Gasteiger partial charge in [0.05, 0.1) is 7.11 Å². The number of methoxy groups -OCH3 is 1. The second-order valence-electron chi connectivity index (χ2n) is 5.00. The Hall–Kier alpha value is -2.38. The van der Waals surface area contributed by atoms with Crippen LogP contribution < -0.4 is 11.1 Å². The van der Waals surface area contributed by atoms with Crippen molar-refractivity contribution in [1.29, 1.82) is 0 Å². The molecule has 0 aliphatic carbocycles. The molecular formula is C15H19ClN4O3. The van der Waals surface area contributed by atoms with Crippen molar-refractivity contribution in [2.75, 3.05) is 12.4 Å². The van der Waals surface area contributed by atoms with Gasteiger partial charge in [0, 0.05) is 12.3 Å². The minimum atomic E-state index is -1.19. The zero-order valence-corrected chi connectivity index (χ0v) is 13.7. The van der Waals surface area contributed by atoms with Crippen LogP contribution in [0.4, 0.5) is 5.82 Å². The molecule has 1 aromatic heterocycles. The molecule has 23 heavy (non-hydrogen) atoms. The summed E-state index contributed by atoms with van der Waals surface area (Å²) in [5.74, 6) is -0.488. The molecule has 1 aromatic carbocycles. The molecule has 0 saturated carbocycles. The number of hydrogen-bond acceptors (Lipinski definition) is 5. The minimum Gasteiger partial charge on any atom is -0.468 e. The molecule has 7 nitrogen and oxygen atoms in total. The summed E-state index contributed by atoms with van der Waals surface area (Å²) in [6.45, 7) is 1.61. The first-order chi connectivity index (χ1) is 10.4. The van der Waals surface area contributed by atoms with Crippen LogP contribution in [0.3, 0.4) is 0 Å². The molecular weight excluding hydrogens is 320 g/mol. The summed E-state index contributed by atoms with van der Waals surface area (Å²) >= 11 is 0. The molecule has 3 N–H and O–H groups in total. The molecule has 124 valence electrons. The number of hydrogen-bond donors (Lipinski definition) is 2. The number of nitrogens with two attached hydrogens (primary N) is 1. The fraction of sp³-hybridized carbons (Fsp3) is 0.267. The topological polar surface area (TPSA) is 99.2 Å². The highest BCUT2D eigenvalue weighted by atomic mass is 35.5. The van der Waals surface area contributed by atoms with Crippen molar-refractivity contribution >= 4 is 30.1 Å². The predicted molar refractivity (Wildman–Crippen MR) is 88.1 cm³/mol. The summed E-state index contributed by atoms with van der Waals surface area (Å²) < 4.78 is 5.92. The Labute approximate surface area is 140 Å². The SMILES string of the molecule is COC(=O)Cn1ccc(NC(=O)C(C)(N)c2ccccc2)n1.Cl. The van der Waals surface area contributed by atoms with Crippen molar-refractivity contribution in [3.8, 4) is 0 Å². The number of carbonyl (C=O) groups excluding carboxylic acids is 2. The summed E-state index contributed by atoms with van der Waals surface area (Å²) in [6.07, 6.45) is 1.57. The third kappa shape index (κ3) is 4.54. The van der Waals surface area contributed by atoms with E-state index in [1.807, 2.05) is 18.2 Å². The second kappa shape index (κ2) is 7.75. The van der Waals surface area contributed by atoms with E-state index in [0.29, 0.717) is 11.4 Å². The van der Waals surface area contributed by atoms with E-state index in [0.717, 1.165) is 0 Å². The normalized spacial score (nSPS) is 12.7. The first-order valence-corrected chi connectivity index (χ1v) is 6.69. The molecule has 2 aromatic rings. The van der Waals surface area contributed by atoms with Gasteiger partial charge in [0.15, 0.2) is 5.82 Å². The molecule has 0 bridgehead atoms. The number of aromatic nitrogens is 2. The highest BCUT2D eigenvalue weighted by Crippen LogP contribution is 2.19. The first-order valence-electron chi connectivity index (χ1n) is 6.69. The van der Waals surface area contributed by atoms with Gasteiger partial charge < -0.3 is 15.8 Å². The van der Waals surface area contributed by atoms with E-state index in [4.69, 9.17) is 5.73 Å². The average Bonchev–Trinajstić information content (AvgIpc) is 2.95. The molecule has 0 aliphatic heterocycles. The highest BCUT2D eigenvalue weighted by molar-refractivity contribution is 5.97. The molecule has 0 spiro atoms. The van der Waals surface area contributed by atoms with Crippen LogP contribution in [0.15, 0.2) is 42.6 Å². The highest BCUT2D eigenvalue weighted by Gasteiger charge is 2.30. The molecule has 2 rings (SSSR count). The number of amides is 1. The zero-order valence-electron chi connectivity index (χ0n) is 12.9. The summed E-state index contributed by atoms with van der Waals surface area (Å²) in [6, 6.07) is 10.6. The van der Waals surface area contributed by atoms with Crippen LogP contribution in [0.5, 0.6) is 0 Å².